The molecule has 138 valence electrons. The highest BCUT2D eigenvalue weighted by molar-refractivity contribution is 7.98. The van der Waals surface area contributed by atoms with E-state index in [0.29, 0.717) is 25.3 Å². The molecule has 2 amide bonds. The molecule has 1 aromatic heterocycles. The van der Waals surface area contributed by atoms with E-state index >= 15 is 0 Å². The number of carboxylic acid groups (broad SMARTS) is 1. The standard InChI is InChI=1S/C17H26N4O3S/c1-13-12-18-6-4-15(13)20-7-3-8-21(10-9-20)17(24)19-14(16(22)23)5-11-25-2/h4,6,12,14H,3,5,7-11H2,1-2H3,(H,19,24)(H,22,23)/t14-/m0/s1. The average molecular weight is 366 g/mol. The Kier molecular flexibility index (Phi) is 7.36. The topological polar surface area (TPSA) is 85.8 Å². The van der Waals surface area contributed by atoms with Crippen LogP contribution in [0.5, 0.6) is 0 Å². The van der Waals surface area contributed by atoms with Crippen LogP contribution in [0.4, 0.5) is 10.5 Å². The van der Waals surface area contributed by atoms with Crippen LogP contribution in [0.15, 0.2) is 18.5 Å². The summed E-state index contributed by atoms with van der Waals surface area (Å²) in [6, 6.07) is 0.872. The lowest BCUT2D eigenvalue weighted by molar-refractivity contribution is -0.139. The van der Waals surface area contributed by atoms with Crippen molar-refractivity contribution >= 4 is 29.4 Å². The maximum Gasteiger partial charge on any atom is 0.326 e. The van der Waals surface area contributed by atoms with Crippen molar-refractivity contribution in [1.29, 1.82) is 0 Å². The summed E-state index contributed by atoms with van der Waals surface area (Å²) >= 11 is 1.57. The molecule has 2 rings (SSSR count). The number of aryl methyl sites for hydroxylation is 1. The summed E-state index contributed by atoms with van der Waals surface area (Å²) in [6.07, 6.45) is 6.82. The summed E-state index contributed by atoms with van der Waals surface area (Å²) in [7, 11) is 0. The smallest absolute Gasteiger partial charge is 0.326 e. The van der Waals surface area contributed by atoms with E-state index in [1.807, 2.05) is 25.4 Å². The summed E-state index contributed by atoms with van der Waals surface area (Å²) in [5, 5.41) is 11.9. The predicted octanol–water partition coefficient (Wildman–Crippen LogP) is 1.82. The minimum atomic E-state index is -0.980. The molecule has 0 saturated carbocycles. The van der Waals surface area contributed by atoms with Crippen LogP contribution < -0.4 is 10.2 Å². The van der Waals surface area contributed by atoms with Gasteiger partial charge in [0.25, 0.3) is 0 Å². The van der Waals surface area contributed by atoms with E-state index in [-0.39, 0.29) is 6.03 Å². The summed E-state index contributed by atoms with van der Waals surface area (Å²) in [6.45, 7) is 4.81. The molecule has 0 aromatic carbocycles. The Bertz CT molecular complexity index is 599. The maximum absolute atomic E-state index is 12.5. The SMILES string of the molecule is CSCC[C@H](NC(=O)N1CCCN(c2ccncc2C)CC1)C(=O)O. The molecular weight excluding hydrogens is 340 g/mol. The number of carbonyl (C=O) groups is 2. The van der Waals surface area contributed by atoms with Gasteiger partial charge >= 0.3 is 12.0 Å². The van der Waals surface area contributed by atoms with E-state index in [2.05, 4.69) is 15.2 Å². The van der Waals surface area contributed by atoms with E-state index in [1.54, 1.807) is 22.9 Å². The van der Waals surface area contributed by atoms with Crippen molar-refractivity contribution in [2.75, 3.05) is 43.1 Å². The zero-order valence-corrected chi connectivity index (χ0v) is 15.6. The van der Waals surface area contributed by atoms with Gasteiger partial charge < -0.3 is 20.2 Å². The summed E-state index contributed by atoms with van der Waals surface area (Å²) in [4.78, 5) is 31.9. The molecule has 1 aliphatic heterocycles. The number of nitrogens with zero attached hydrogens (tertiary/aromatic N) is 3. The quantitative estimate of drug-likeness (QED) is 0.799. The second-order valence-electron chi connectivity index (χ2n) is 6.11. The molecule has 1 fully saturated rings. The molecule has 1 atom stereocenters. The minimum Gasteiger partial charge on any atom is -0.480 e. The molecule has 2 N–H and O–H groups in total. The zero-order valence-electron chi connectivity index (χ0n) is 14.8. The van der Waals surface area contributed by atoms with Gasteiger partial charge in [-0.25, -0.2) is 9.59 Å². The maximum atomic E-state index is 12.5. The molecule has 0 bridgehead atoms. The fourth-order valence-corrected chi connectivity index (χ4v) is 3.39. The lowest BCUT2D eigenvalue weighted by atomic mass is 10.2. The van der Waals surface area contributed by atoms with Gasteiger partial charge in [-0.1, -0.05) is 0 Å². The highest BCUT2D eigenvalue weighted by Crippen LogP contribution is 2.20. The van der Waals surface area contributed by atoms with Crippen molar-refractivity contribution in [3.8, 4) is 0 Å². The van der Waals surface area contributed by atoms with Crippen LogP contribution in [0.3, 0.4) is 0 Å². The number of carbonyl (C=O) groups excluding carboxylic acids is 1. The Morgan fingerprint density at radius 2 is 2.16 bits per heavy atom. The minimum absolute atomic E-state index is 0.290. The van der Waals surface area contributed by atoms with Crippen molar-refractivity contribution in [3.05, 3.63) is 24.0 Å². The number of hydrogen-bond acceptors (Lipinski definition) is 5. The van der Waals surface area contributed by atoms with Crippen LogP contribution in [-0.2, 0) is 4.79 Å². The largest absolute Gasteiger partial charge is 0.480 e. The van der Waals surface area contributed by atoms with Gasteiger partial charge in [0.15, 0.2) is 0 Å². The molecule has 1 aliphatic rings. The average Bonchev–Trinajstić information content (AvgIpc) is 2.84. The molecule has 1 aromatic rings. The van der Waals surface area contributed by atoms with E-state index in [9.17, 15) is 14.7 Å². The molecule has 2 heterocycles. The molecule has 8 heteroatoms. The van der Waals surface area contributed by atoms with E-state index < -0.39 is 12.0 Å². The van der Waals surface area contributed by atoms with Gasteiger partial charge in [-0.05, 0) is 43.4 Å². The molecule has 1 saturated heterocycles. The second-order valence-corrected chi connectivity index (χ2v) is 7.10. The third-order valence-corrected chi connectivity index (χ3v) is 4.96. The number of rotatable bonds is 6. The molecule has 0 spiro atoms. The number of aromatic nitrogens is 1. The fourth-order valence-electron chi connectivity index (χ4n) is 2.92. The zero-order chi connectivity index (χ0) is 18.2. The van der Waals surface area contributed by atoms with Crippen molar-refractivity contribution in [2.45, 2.75) is 25.8 Å². The Labute approximate surface area is 152 Å². The third kappa shape index (κ3) is 5.52. The van der Waals surface area contributed by atoms with Gasteiger partial charge in [0.05, 0.1) is 0 Å². The number of anilines is 1. The van der Waals surface area contributed by atoms with Crippen molar-refractivity contribution in [2.24, 2.45) is 0 Å². The van der Waals surface area contributed by atoms with Crippen molar-refractivity contribution in [1.82, 2.24) is 15.2 Å². The molecule has 0 aliphatic carbocycles. The van der Waals surface area contributed by atoms with E-state index in [1.165, 1.54) is 0 Å². The van der Waals surface area contributed by atoms with E-state index in [0.717, 1.165) is 30.8 Å². The Balaban J connectivity index is 1.94. The van der Waals surface area contributed by atoms with Gasteiger partial charge in [0.2, 0.25) is 0 Å². The molecule has 25 heavy (non-hydrogen) atoms. The van der Waals surface area contributed by atoms with Gasteiger partial charge in [-0.3, -0.25) is 4.98 Å². The first-order valence-electron chi connectivity index (χ1n) is 8.45. The first kappa shape index (κ1) is 19.4. The number of amides is 2. The number of hydrogen-bond donors (Lipinski definition) is 2. The van der Waals surface area contributed by atoms with Crippen molar-refractivity contribution < 1.29 is 14.7 Å². The molecule has 0 radical (unpaired) electrons. The Hall–Kier alpha value is -1.96. The molecule has 7 nitrogen and oxygen atoms in total. The van der Waals surface area contributed by atoms with Crippen LogP contribution in [0.25, 0.3) is 0 Å². The van der Waals surface area contributed by atoms with Crippen molar-refractivity contribution in [3.63, 3.8) is 0 Å². The normalized spacial score (nSPS) is 16.2. The number of carboxylic acids is 1. The lowest BCUT2D eigenvalue weighted by Gasteiger charge is -2.25. The van der Waals surface area contributed by atoms with Crippen LogP contribution in [-0.4, -0.2) is 71.2 Å². The van der Waals surface area contributed by atoms with Crippen LogP contribution in [0.1, 0.15) is 18.4 Å². The van der Waals surface area contributed by atoms with Gasteiger partial charge in [-0.15, -0.1) is 0 Å². The van der Waals surface area contributed by atoms with Gasteiger partial charge in [0.1, 0.15) is 6.04 Å². The number of nitrogens with one attached hydrogen (secondary N) is 1. The number of aliphatic carboxylic acids is 1. The van der Waals surface area contributed by atoms with Gasteiger partial charge in [-0.2, -0.15) is 11.8 Å². The number of thioether (sulfide) groups is 1. The first-order valence-corrected chi connectivity index (χ1v) is 9.85. The highest BCUT2D eigenvalue weighted by atomic mass is 32.2. The fraction of sp³-hybridized carbons (Fsp3) is 0.588. The Morgan fingerprint density at radius 3 is 2.84 bits per heavy atom. The number of urea groups is 1. The number of pyridine rings is 1. The predicted molar refractivity (Wildman–Crippen MR) is 100 cm³/mol. The molecule has 0 unspecified atom stereocenters. The van der Waals surface area contributed by atoms with E-state index in [4.69, 9.17) is 0 Å². The first-order chi connectivity index (χ1) is 12.0. The van der Waals surface area contributed by atoms with Gasteiger partial charge in [0, 0.05) is 44.3 Å². The highest BCUT2D eigenvalue weighted by Gasteiger charge is 2.25. The summed E-state index contributed by atoms with van der Waals surface area (Å²) in [5.74, 6) is -0.280. The molecular formula is C17H26N4O3S. The van der Waals surface area contributed by atoms with Crippen LogP contribution in [0.2, 0.25) is 0 Å². The summed E-state index contributed by atoms with van der Waals surface area (Å²) < 4.78 is 0. The second kappa shape index (κ2) is 9.50. The summed E-state index contributed by atoms with van der Waals surface area (Å²) in [5.41, 5.74) is 2.25. The lowest BCUT2D eigenvalue weighted by Crippen LogP contribution is -2.49. The van der Waals surface area contributed by atoms with Crippen LogP contribution in [0, 0.1) is 6.92 Å². The monoisotopic (exact) mass is 366 g/mol. The van der Waals surface area contributed by atoms with Crippen LogP contribution >= 0.6 is 11.8 Å². The third-order valence-electron chi connectivity index (χ3n) is 4.32. The Morgan fingerprint density at radius 1 is 1.36 bits per heavy atom.